The van der Waals surface area contributed by atoms with Gasteiger partial charge in [-0.2, -0.15) is 5.10 Å². The Balaban J connectivity index is 1.62. The normalized spacial score (nSPS) is 21.4. The number of amides is 1. The lowest BCUT2D eigenvalue weighted by atomic mass is 10.1. The minimum Gasteiger partial charge on any atom is -0.393 e. The van der Waals surface area contributed by atoms with E-state index in [4.69, 9.17) is 0 Å². The van der Waals surface area contributed by atoms with Crippen molar-refractivity contribution < 1.29 is 9.90 Å². The highest BCUT2D eigenvalue weighted by Crippen LogP contribution is 2.24. The van der Waals surface area contributed by atoms with Crippen LogP contribution in [0, 0.1) is 5.92 Å². The van der Waals surface area contributed by atoms with Crippen molar-refractivity contribution in [1.82, 2.24) is 15.1 Å². The number of aliphatic hydroxyl groups excluding tert-OH is 1. The monoisotopic (exact) mass is 285 g/mol. The van der Waals surface area contributed by atoms with E-state index in [0.717, 1.165) is 24.9 Å². The van der Waals surface area contributed by atoms with Crippen molar-refractivity contribution in [2.24, 2.45) is 5.92 Å². The smallest absolute Gasteiger partial charge is 0.271 e. The molecule has 1 aromatic heterocycles. The van der Waals surface area contributed by atoms with Gasteiger partial charge in [0.05, 0.1) is 11.8 Å². The molecule has 0 bridgehead atoms. The predicted octanol–water partition coefficient (Wildman–Crippen LogP) is 1.76. The number of hydrogen-bond donors (Lipinski definition) is 2. The van der Waals surface area contributed by atoms with E-state index in [1.54, 1.807) is 16.9 Å². The van der Waals surface area contributed by atoms with Crippen molar-refractivity contribution in [2.45, 2.75) is 25.4 Å². The molecule has 2 aromatic rings. The predicted molar refractivity (Wildman–Crippen MR) is 79.2 cm³/mol. The summed E-state index contributed by atoms with van der Waals surface area (Å²) in [6.07, 6.45) is 4.33. The van der Waals surface area contributed by atoms with Gasteiger partial charge in [-0.3, -0.25) is 4.79 Å². The van der Waals surface area contributed by atoms with Crippen LogP contribution in [0.1, 0.15) is 29.8 Å². The molecule has 1 amide bonds. The molecule has 2 N–H and O–H groups in total. The SMILES string of the molecule is O=C(NCC1CCCC1O)c1ccn(-c2ccccc2)n1. The largest absolute Gasteiger partial charge is 0.393 e. The van der Waals surface area contributed by atoms with E-state index >= 15 is 0 Å². The lowest BCUT2D eigenvalue weighted by Crippen LogP contribution is -2.32. The van der Waals surface area contributed by atoms with Gasteiger partial charge in [-0.15, -0.1) is 0 Å². The zero-order chi connectivity index (χ0) is 14.7. The summed E-state index contributed by atoms with van der Waals surface area (Å²) in [5.74, 6) is -0.0195. The van der Waals surface area contributed by atoms with Crippen molar-refractivity contribution in [3.63, 3.8) is 0 Å². The number of para-hydroxylation sites is 1. The summed E-state index contributed by atoms with van der Waals surface area (Å²) in [6, 6.07) is 11.4. The molecule has 1 saturated carbocycles. The van der Waals surface area contributed by atoms with Crippen LogP contribution in [0.15, 0.2) is 42.6 Å². The second-order valence-electron chi connectivity index (χ2n) is 5.45. The van der Waals surface area contributed by atoms with Gasteiger partial charge in [0.15, 0.2) is 5.69 Å². The minimum atomic E-state index is -0.285. The first-order chi connectivity index (χ1) is 10.2. The highest BCUT2D eigenvalue weighted by molar-refractivity contribution is 5.92. The Kier molecular flexibility index (Phi) is 4.01. The summed E-state index contributed by atoms with van der Waals surface area (Å²) in [7, 11) is 0. The van der Waals surface area contributed by atoms with E-state index in [1.165, 1.54) is 0 Å². The Morgan fingerprint density at radius 1 is 1.29 bits per heavy atom. The average molecular weight is 285 g/mol. The molecule has 21 heavy (non-hydrogen) atoms. The molecule has 3 rings (SSSR count). The molecular formula is C16H19N3O2. The number of nitrogens with zero attached hydrogens (tertiary/aromatic N) is 2. The average Bonchev–Trinajstić information content (AvgIpc) is 3.15. The van der Waals surface area contributed by atoms with Crippen molar-refractivity contribution in [2.75, 3.05) is 6.54 Å². The third-order valence-corrected chi connectivity index (χ3v) is 3.99. The maximum Gasteiger partial charge on any atom is 0.271 e. The van der Waals surface area contributed by atoms with Crippen LogP contribution < -0.4 is 5.32 Å². The molecule has 5 heteroatoms. The first-order valence-electron chi connectivity index (χ1n) is 7.31. The summed E-state index contributed by atoms with van der Waals surface area (Å²) in [6.45, 7) is 0.512. The van der Waals surface area contributed by atoms with Crippen molar-refractivity contribution >= 4 is 5.91 Å². The minimum absolute atomic E-state index is 0.171. The van der Waals surface area contributed by atoms with Crippen LogP contribution in [-0.4, -0.2) is 33.4 Å². The summed E-state index contributed by atoms with van der Waals surface area (Å²) in [5.41, 5.74) is 1.31. The van der Waals surface area contributed by atoms with E-state index in [1.807, 2.05) is 30.3 Å². The van der Waals surface area contributed by atoms with Gasteiger partial charge in [0, 0.05) is 18.7 Å². The molecule has 0 aliphatic heterocycles. The Hall–Kier alpha value is -2.14. The van der Waals surface area contributed by atoms with E-state index < -0.39 is 0 Å². The molecule has 0 spiro atoms. The molecule has 2 atom stereocenters. The number of hydrogen-bond acceptors (Lipinski definition) is 3. The number of nitrogens with one attached hydrogen (secondary N) is 1. The van der Waals surface area contributed by atoms with Gasteiger partial charge in [-0.05, 0) is 31.0 Å². The van der Waals surface area contributed by atoms with E-state index in [9.17, 15) is 9.90 Å². The second kappa shape index (κ2) is 6.10. The molecular weight excluding hydrogens is 266 g/mol. The van der Waals surface area contributed by atoms with Gasteiger partial charge in [0.2, 0.25) is 0 Å². The van der Waals surface area contributed by atoms with Gasteiger partial charge in [-0.25, -0.2) is 4.68 Å². The van der Waals surface area contributed by atoms with Crippen LogP contribution in [0.2, 0.25) is 0 Å². The number of aromatic nitrogens is 2. The first kappa shape index (κ1) is 13.8. The van der Waals surface area contributed by atoms with Crippen molar-refractivity contribution in [1.29, 1.82) is 0 Å². The standard InChI is InChI=1S/C16H19N3O2/c20-15-8-4-5-12(15)11-17-16(21)14-9-10-19(18-14)13-6-2-1-3-7-13/h1-3,6-7,9-10,12,15,20H,4-5,8,11H2,(H,17,21). The van der Waals surface area contributed by atoms with Crippen molar-refractivity contribution in [3.05, 3.63) is 48.3 Å². The van der Waals surface area contributed by atoms with E-state index in [-0.39, 0.29) is 17.9 Å². The molecule has 2 unspecified atom stereocenters. The van der Waals surface area contributed by atoms with Gasteiger partial charge in [-0.1, -0.05) is 24.6 Å². The number of benzene rings is 1. The number of aliphatic hydroxyl groups is 1. The third-order valence-electron chi connectivity index (χ3n) is 3.99. The Morgan fingerprint density at radius 3 is 2.81 bits per heavy atom. The highest BCUT2D eigenvalue weighted by atomic mass is 16.3. The van der Waals surface area contributed by atoms with Crippen molar-refractivity contribution in [3.8, 4) is 5.69 Å². The fourth-order valence-corrected chi connectivity index (χ4v) is 2.74. The molecule has 1 heterocycles. The summed E-state index contributed by atoms with van der Waals surface area (Å²) < 4.78 is 1.68. The lowest BCUT2D eigenvalue weighted by Gasteiger charge is -2.14. The van der Waals surface area contributed by atoms with Crippen LogP contribution in [0.3, 0.4) is 0 Å². The number of carbonyl (C=O) groups is 1. The van der Waals surface area contributed by atoms with Crippen LogP contribution in [0.5, 0.6) is 0 Å². The molecule has 0 radical (unpaired) electrons. The molecule has 1 fully saturated rings. The van der Waals surface area contributed by atoms with E-state index in [2.05, 4.69) is 10.4 Å². The van der Waals surface area contributed by atoms with E-state index in [0.29, 0.717) is 12.2 Å². The Morgan fingerprint density at radius 2 is 2.10 bits per heavy atom. The van der Waals surface area contributed by atoms with Crippen LogP contribution in [0.4, 0.5) is 0 Å². The molecule has 1 aliphatic rings. The topological polar surface area (TPSA) is 67.2 Å². The van der Waals surface area contributed by atoms with Crippen LogP contribution >= 0.6 is 0 Å². The first-order valence-corrected chi connectivity index (χ1v) is 7.31. The lowest BCUT2D eigenvalue weighted by molar-refractivity contribution is 0.0911. The quantitative estimate of drug-likeness (QED) is 0.899. The maximum absolute atomic E-state index is 12.1. The summed E-state index contributed by atoms with van der Waals surface area (Å²) >= 11 is 0. The zero-order valence-electron chi connectivity index (χ0n) is 11.8. The molecule has 1 aromatic carbocycles. The highest BCUT2D eigenvalue weighted by Gasteiger charge is 2.25. The Labute approximate surface area is 123 Å². The fraction of sp³-hybridized carbons (Fsp3) is 0.375. The zero-order valence-corrected chi connectivity index (χ0v) is 11.8. The Bertz CT molecular complexity index is 609. The van der Waals surface area contributed by atoms with Gasteiger partial charge >= 0.3 is 0 Å². The van der Waals surface area contributed by atoms with Crippen LogP contribution in [0.25, 0.3) is 5.69 Å². The molecule has 5 nitrogen and oxygen atoms in total. The van der Waals surface area contributed by atoms with Gasteiger partial charge in [0.1, 0.15) is 0 Å². The third kappa shape index (κ3) is 3.13. The molecule has 1 aliphatic carbocycles. The second-order valence-corrected chi connectivity index (χ2v) is 5.45. The summed E-state index contributed by atoms with van der Waals surface area (Å²) in [4.78, 5) is 12.1. The summed E-state index contributed by atoms with van der Waals surface area (Å²) in [5, 5.41) is 16.9. The fourth-order valence-electron chi connectivity index (χ4n) is 2.74. The van der Waals surface area contributed by atoms with Gasteiger partial charge in [0.25, 0.3) is 5.91 Å². The number of carbonyl (C=O) groups excluding carboxylic acids is 1. The number of rotatable bonds is 4. The van der Waals surface area contributed by atoms with Gasteiger partial charge < -0.3 is 10.4 Å². The van der Waals surface area contributed by atoms with Crippen LogP contribution in [-0.2, 0) is 0 Å². The molecule has 110 valence electrons. The molecule has 0 saturated heterocycles. The maximum atomic E-state index is 12.1.